The lowest BCUT2D eigenvalue weighted by Gasteiger charge is -2.00. The highest BCUT2D eigenvalue weighted by Gasteiger charge is 2.05. The molecule has 2 aromatic heterocycles. The minimum atomic E-state index is -0.325. The first-order valence-corrected chi connectivity index (χ1v) is 7.34. The Balaban J connectivity index is 2.10. The van der Waals surface area contributed by atoms with Crippen LogP contribution in [0.15, 0.2) is 34.3 Å². The average Bonchev–Trinajstić information content (AvgIpc) is 2.94. The predicted octanol–water partition coefficient (Wildman–Crippen LogP) is 2.54. The first-order valence-electron chi connectivity index (χ1n) is 6.93. The lowest BCUT2D eigenvalue weighted by atomic mass is 10.1. The van der Waals surface area contributed by atoms with Crippen molar-refractivity contribution < 1.29 is 0 Å². The Morgan fingerprint density at radius 3 is 3.05 bits per heavy atom. The van der Waals surface area contributed by atoms with Crippen LogP contribution in [0.1, 0.15) is 23.7 Å². The van der Waals surface area contributed by atoms with Gasteiger partial charge in [-0.25, -0.2) is 0 Å². The molecule has 0 spiro atoms. The molecule has 0 aliphatic carbocycles. The number of hydrogen-bond donors (Lipinski definition) is 2. The molecule has 2 heterocycles. The standard InChI is InChI=1S/C15H15N5OS/c1-3-10-5-4-6-12-11(7-16-13(10)12)8-17-20-14(21)9(2)18-19-15(20)22/h4-8,16H,3H2,1-2H3,(H,19,22). The van der Waals surface area contributed by atoms with Gasteiger partial charge in [0, 0.05) is 22.7 Å². The van der Waals surface area contributed by atoms with Crippen molar-refractivity contribution >= 4 is 29.3 Å². The summed E-state index contributed by atoms with van der Waals surface area (Å²) < 4.78 is 1.31. The van der Waals surface area contributed by atoms with Gasteiger partial charge in [0.1, 0.15) is 5.69 Å². The maximum Gasteiger partial charge on any atom is 0.296 e. The van der Waals surface area contributed by atoms with Crippen LogP contribution in [0.3, 0.4) is 0 Å². The molecule has 0 fully saturated rings. The van der Waals surface area contributed by atoms with Gasteiger partial charge in [-0.05, 0) is 31.1 Å². The van der Waals surface area contributed by atoms with Crippen LogP contribution in [-0.2, 0) is 6.42 Å². The van der Waals surface area contributed by atoms with Crippen LogP contribution in [0.25, 0.3) is 10.9 Å². The van der Waals surface area contributed by atoms with Crippen molar-refractivity contribution in [2.24, 2.45) is 5.10 Å². The van der Waals surface area contributed by atoms with E-state index in [1.54, 1.807) is 13.1 Å². The van der Waals surface area contributed by atoms with Crippen LogP contribution in [0.2, 0.25) is 0 Å². The summed E-state index contributed by atoms with van der Waals surface area (Å²) in [6, 6.07) is 6.13. The Bertz CT molecular complexity index is 979. The van der Waals surface area contributed by atoms with Gasteiger partial charge in [-0.3, -0.25) is 9.89 Å². The second-order valence-corrected chi connectivity index (χ2v) is 5.30. The Morgan fingerprint density at radius 2 is 2.27 bits per heavy atom. The summed E-state index contributed by atoms with van der Waals surface area (Å²) in [5, 5.41) is 11.7. The third kappa shape index (κ3) is 2.39. The number of aromatic nitrogens is 4. The van der Waals surface area contributed by atoms with E-state index in [-0.39, 0.29) is 10.3 Å². The van der Waals surface area contributed by atoms with E-state index in [1.165, 1.54) is 5.56 Å². The summed E-state index contributed by atoms with van der Waals surface area (Å²) in [6.45, 7) is 3.72. The van der Waals surface area contributed by atoms with Crippen LogP contribution >= 0.6 is 12.2 Å². The maximum atomic E-state index is 12.0. The normalized spacial score (nSPS) is 11.5. The van der Waals surface area contributed by atoms with Crippen molar-refractivity contribution in [1.82, 2.24) is 19.9 Å². The molecule has 1 aromatic carbocycles. The largest absolute Gasteiger partial charge is 0.360 e. The van der Waals surface area contributed by atoms with Crippen molar-refractivity contribution in [3.8, 4) is 0 Å². The van der Waals surface area contributed by atoms with Gasteiger partial charge >= 0.3 is 0 Å². The highest BCUT2D eigenvalue weighted by atomic mass is 32.1. The molecule has 3 rings (SSSR count). The van der Waals surface area contributed by atoms with E-state index >= 15 is 0 Å². The molecule has 0 bridgehead atoms. The Morgan fingerprint density at radius 1 is 1.45 bits per heavy atom. The molecule has 3 aromatic rings. The molecule has 0 radical (unpaired) electrons. The molecule has 2 N–H and O–H groups in total. The maximum absolute atomic E-state index is 12.0. The monoisotopic (exact) mass is 313 g/mol. The molecule has 0 saturated heterocycles. The smallest absolute Gasteiger partial charge is 0.296 e. The molecule has 0 aliphatic heterocycles. The second-order valence-electron chi connectivity index (χ2n) is 4.91. The topological polar surface area (TPSA) is 78.8 Å². The Labute approximate surface area is 131 Å². The van der Waals surface area contributed by atoms with Crippen molar-refractivity contribution in [3.63, 3.8) is 0 Å². The number of rotatable bonds is 3. The molecule has 112 valence electrons. The fourth-order valence-electron chi connectivity index (χ4n) is 2.34. The molecule has 0 unspecified atom stereocenters. The zero-order chi connectivity index (χ0) is 15.7. The average molecular weight is 313 g/mol. The summed E-state index contributed by atoms with van der Waals surface area (Å²) in [7, 11) is 0. The number of hydrogen-bond acceptors (Lipinski definition) is 4. The zero-order valence-corrected chi connectivity index (χ0v) is 13.1. The van der Waals surface area contributed by atoms with Crippen molar-refractivity contribution in [1.29, 1.82) is 0 Å². The lowest BCUT2D eigenvalue weighted by Crippen LogP contribution is -2.22. The van der Waals surface area contributed by atoms with E-state index in [9.17, 15) is 4.79 Å². The molecular weight excluding hydrogens is 298 g/mol. The Kier molecular flexibility index (Phi) is 3.72. The molecule has 0 saturated carbocycles. The summed E-state index contributed by atoms with van der Waals surface area (Å²) in [6.07, 6.45) is 4.45. The summed E-state index contributed by atoms with van der Waals surface area (Å²) >= 11 is 5.05. The second kappa shape index (κ2) is 5.69. The minimum Gasteiger partial charge on any atom is -0.360 e. The number of aromatic amines is 2. The van der Waals surface area contributed by atoms with Crippen molar-refractivity contribution in [2.75, 3.05) is 0 Å². The SMILES string of the molecule is CCc1cccc2c(C=Nn3c(=S)[nH]nc(C)c3=O)c[nH]c12. The summed E-state index contributed by atoms with van der Waals surface area (Å²) in [5.74, 6) is 0. The van der Waals surface area contributed by atoms with Crippen LogP contribution < -0.4 is 5.56 Å². The third-order valence-electron chi connectivity index (χ3n) is 3.54. The van der Waals surface area contributed by atoms with E-state index in [0.717, 1.165) is 27.6 Å². The van der Waals surface area contributed by atoms with Gasteiger partial charge in [0.2, 0.25) is 4.77 Å². The zero-order valence-electron chi connectivity index (χ0n) is 12.3. The highest BCUT2D eigenvalue weighted by molar-refractivity contribution is 7.71. The van der Waals surface area contributed by atoms with E-state index in [1.807, 2.05) is 18.3 Å². The van der Waals surface area contributed by atoms with Gasteiger partial charge in [-0.1, -0.05) is 25.1 Å². The minimum absolute atomic E-state index is 0.168. The van der Waals surface area contributed by atoms with Gasteiger partial charge in [-0.2, -0.15) is 14.9 Å². The quantitative estimate of drug-likeness (QED) is 0.576. The van der Waals surface area contributed by atoms with Gasteiger partial charge in [0.25, 0.3) is 5.56 Å². The lowest BCUT2D eigenvalue weighted by molar-refractivity contribution is 0.720. The van der Waals surface area contributed by atoms with Crippen LogP contribution in [0, 0.1) is 11.7 Å². The van der Waals surface area contributed by atoms with E-state index in [0.29, 0.717) is 5.69 Å². The van der Waals surface area contributed by atoms with Gasteiger partial charge in [0.05, 0.1) is 6.21 Å². The van der Waals surface area contributed by atoms with Gasteiger partial charge in [-0.15, -0.1) is 0 Å². The van der Waals surface area contributed by atoms with Crippen molar-refractivity contribution in [2.45, 2.75) is 20.3 Å². The molecule has 0 atom stereocenters. The summed E-state index contributed by atoms with van der Waals surface area (Å²) in [4.78, 5) is 15.3. The molecule has 6 nitrogen and oxygen atoms in total. The van der Waals surface area contributed by atoms with E-state index in [2.05, 4.69) is 33.3 Å². The number of fused-ring (bicyclic) bond motifs is 1. The van der Waals surface area contributed by atoms with Crippen LogP contribution in [-0.4, -0.2) is 26.1 Å². The summed E-state index contributed by atoms with van der Waals surface area (Å²) in [5.41, 5.74) is 3.23. The first-order chi connectivity index (χ1) is 10.6. The number of nitrogens with one attached hydrogen (secondary N) is 2. The molecule has 0 amide bonds. The molecular formula is C15H15N5OS. The third-order valence-corrected chi connectivity index (χ3v) is 3.80. The van der Waals surface area contributed by atoms with Crippen LogP contribution in [0.5, 0.6) is 0 Å². The Hall–Kier alpha value is -2.54. The molecule has 22 heavy (non-hydrogen) atoms. The van der Waals surface area contributed by atoms with E-state index in [4.69, 9.17) is 12.2 Å². The predicted molar refractivity (Wildman–Crippen MR) is 89.1 cm³/mol. The number of para-hydroxylation sites is 1. The van der Waals surface area contributed by atoms with Gasteiger partial charge < -0.3 is 4.98 Å². The molecule has 7 heteroatoms. The first kappa shape index (κ1) is 14.4. The number of benzene rings is 1. The highest BCUT2D eigenvalue weighted by Crippen LogP contribution is 2.20. The number of aryl methyl sites for hydroxylation is 2. The fourth-order valence-corrected chi connectivity index (χ4v) is 2.51. The fraction of sp³-hybridized carbons (Fsp3) is 0.200. The van der Waals surface area contributed by atoms with Crippen molar-refractivity contribution in [3.05, 3.63) is 56.3 Å². The number of H-pyrrole nitrogens is 2. The van der Waals surface area contributed by atoms with Crippen LogP contribution in [0.4, 0.5) is 0 Å². The number of nitrogens with zero attached hydrogens (tertiary/aromatic N) is 3. The molecule has 0 aliphatic rings. The van der Waals surface area contributed by atoms with Gasteiger partial charge in [0.15, 0.2) is 0 Å². The van der Waals surface area contributed by atoms with E-state index < -0.39 is 0 Å².